The van der Waals surface area contributed by atoms with E-state index in [2.05, 4.69) is 10.2 Å². The number of hydrogen-bond acceptors (Lipinski definition) is 3. The molecule has 2 fully saturated rings. The summed E-state index contributed by atoms with van der Waals surface area (Å²) in [6.07, 6.45) is 3.88. The van der Waals surface area contributed by atoms with E-state index in [-0.39, 0.29) is 17.7 Å². The van der Waals surface area contributed by atoms with E-state index in [0.29, 0.717) is 12.6 Å². The van der Waals surface area contributed by atoms with Crippen molar-refractivity contribution in [3.63, 3.8) is 0 Å². The smallest absolute Gasteiger partial charge is 0.253 e. The van der Waals surface area contributed by atoms with E-state index >= 15 is 0 Å². The number of amides is 2. The van der Waals surface area contributed by atoms with Crippen molar-refractivity contribution >= 4 is 11.8 Å². The second-order valence-corrected chi connectivity index (χ2v) is 8.40. The summed E-state index contributed by atoms with van der Waals surface area (Å²) < 4.78 is 0. The molecule has 30 heavy (non-hydrogen) atoms. The molecular formula is C25H31N3O2. The Morgan fingerprint density at radius 1 is 0.800 bits per heavy atom. The number of benzene rings is 2. The molecule has 4 rings (SSSR count). The van der Waals surface area contributed by atoms with E-state index < -0.39 is 0 Å². The first-order valence-electron chi connectivity index (χ1n) is 11.1. The molecule has 1 N–H and O–H groups in total. The lowest BCUT2D eigenvalue weighted by Crippen LogP contribution is -2.50. The van der Waals surface area contributed by atoms with Gasteiger partial charge in [-0.3, -0.25) is 9.59 Å². The molecule has 158 valence electrons. The first-order valence-corrected chi connectivity index (χ1v) is 11.1. The summed E-state index contributed by atoms with van der Waals surface area (Å²) in [7, 11) is 0. The van der Waals surface area contributed by atoms with Crippen LogP contribution in [-0.2, 0) is 11.3 Å². The van der Waals surface area contributed by atoms with Crippen LogP contribution >= 0.6 is 0 Å². The zero-order valence-corrected chi connectivity index (χ0v) is 17.5. The first kappa shape index (κ1) is 20.6. The van der Waals surface area contributed by atoms with Crippen LogP contribution in [0.5, 0.6) is 0 Å². The molecule has 0 saturated carbocycles. The van der Waals surface area contributed by atoms with Crippen molar-refractivity contribution in [2.75, 3.05) is 26.2 Å². The number of likely N-dealkylation sites (tertiary alicyclic amines) is 2. The third-order valence-corrected chi connectivity index (χ3v) is 6.50. The van der Waals surface area contributed by atoms with Gasteiger partial charge in [0.1, 0.15) is 0 Å². The van der Waals surface area contributed by atoms with Gasteiger partial charge < -0.3 is 15.1 Å². The van der Waals surface area contributed by atoms with E-state index in [0.717, 1.165) is 63.0 Å². The van der Waals surface area contributed by atoms with Gasteiger partial charge in [0, 0.05) is 37.2 Å². The summed E-state index contributed by atoms with van der Waals surface area (Å²) >= 11 is 0. The molecule has 0 atom stereocenters. The van der Waals surface area contributed by atoms with Crippen molar-refractivity contribution in [2.24, 2.45) is 5.92 Å². The van der Waals surface area contributed by atoms with Gasteiger partial charge in [-0.05, 0) is 56.5 Å². The van der Waals surface area contributed by atoms with Crippen molar-refractivity contribution in [1.29, 1.82) is 0 Å². The Morgan fingerprint density at radius 3 is 2.03 bits per heavy atom. The van der Waals surface area contributed by atoms with Gasteiger partial charge in [0.2, 0.25) is 5.91 Å². The minimum atomic E-state index is 0.115. The summed E-state index contributed by atoms with van der Waals surface area (Å²) in [5.74, 6) is 0.439. The number of hydrogen-bond donors (Lipinski definition) is 1. The van der Waals surface area contributed by atoms with Crippen LogP contribution in [0.4, 0.5) is 0 Å². The quantitative estimate of drug-likeness (QED) is 0.830. The Morgan fingerprint density at radius 2 is 1.40 bits per heavy atom. The molecule has 2 saturated heterocycles. The maximum Gasteiger partial charge on any atom is 0.253 e. The van der Waals surface area contributed by atoms with Crippen LogP contribution in [0.15, 0.2) is 60.7 Å². The molecule has 5 nitrogen and oxygen atoms in total. The molecule has 5 heteroatoms. The van der Waals surface area contributed by atoms with Crippen molar-refractivity contribution in [2.45, 2.75) is 38.3 Å². The minimum Gasteiger partial charge on any atom is -0.352 e. The number of rotatable bonds is 5. The number of piperidine rings is 2. The van der Waals surface area contributed by atoms with E-state index in [1.165, 1.54) is 0 Å². The molecule has 0 aliphatic carbocycles. The Labute approximate surface area is 179 Å². The van der Waals surface area contributed by atoms with Crippen molar-refractivity contribution in [1.82, 2.24) is 15.1 Å². The topological polar surface area (TPSA) is 52.7 Å². The average molecular weight is 406 g/mol. The Kier molecular flexibility index (Phi) is 6.80. The predicted molar refractivity (Wildman–Crippen MR) is 118 cm³/mol. The lowest BCUT2D eigenvalue weighted by molar-refractivity contribution is -0.126. The van der Waals surface area contributed by atoms with Crippen molar-refractivity contribution in [3.05, 3.63) is 71.8 Å². The normalized spacial score (nSPS) is 18.9. The standard InChI is InChI=1S/C25H31N3O2/c29-24(26-19-20-7-3-1-4-8-20)21-11-15-27(16-12-21)23-13-17-28(18-14-23)25(30)22-9-5-2-6-10-22/h1-10,21,23H,11-19H2,(H,26,29). The van der Waals surface area contributed by atoms with Crippen LogP contribution in [0.3, 0.4) is 0 Å². The van der Waals surface area contributed by atoms with Crippen LogP contribution in [0.2, 0.25) is 0 Å². The summed E-state index contributed by atoms with van der Waals surface area (Å²) in [6.45, 7) is 4.18. The lowest BCUT2D eigenvalue weighted by atomic mass is 9.92. The molecular weight excluding hydrogens is 374 g/mol. The molecule has 0 spiro atoms. The molecule has 2 aromatic carbocycles. The van der Waals surface area contributed by atoms with Crippen molar-refractivity contribution in [3.8, 4) is 0 Å². The zero-order valence-electron chi connectivity index (χ0n) is 17.5. The molecule has 0 unspecified atom stereocenters. The lowest BCUT2D eigenvalue weighted by Gasteiger charge is -2.41. The highest BCUT2D eigenvalue weighted by Gasteiger charge is 2.31. The summed E-state index contributed by atoms with van der Waals surface area (Å²) in [5.41, 5.74) is 1.92. The van der Waals surface area contributed by atoms with Gasteiger partial charge in [0.25, 0.3) is 5.91 Å². The summed E-state index contributed by atoms with van der Waals surface area (Å²) in [6, 6.07) is 20.1. The van der Waals surface area contributed by atoms with E-state index in [1.807, 2.05) is 65.6 Å². The Bertz CT molecular complexity index is 824. The van der Waals surface area contributed by atoms with Crippen LogP contribution in [0, 0.1) is 5.92 Å². The van der Waals surface area contributed by atoms with Gasteiger partial charge in [0.15, 0.2) is 0 Å². The van der Waals surface area contributed by atoms with Gasteiger partial charge in [-0.2, -0.15) is 0 Å². The fraction of sp³-hybridized carbons (Fsp3) is 0.440. The summed E-state index contributed by atoms with van der Waals surface area (Å²) in [5, 5.41) is 3.10. The molecule has 0 radical (unpaired) electrons. The van der Waals surface area contributed by atoms with E-state index in [4.69, 9.17) is 0 Å². The maximum atomic E-state index is 12.6. The van der Waals surface area contributed by atoms with Crippen LogP contribution in [0.25, 0.3) is 0 Å². The van der Waals surface area contributed by atoms with Crippen LogP contribution in [-0.4, -0.2) is 53.8 Å². The molecule has 2 heterocycles. The second kappa shape index (κ2) is 9.90. The first-order chi connectivity index (χ1) is 14.7. The van der Waals surface area contributed by atoms with Crippen LogP contribution < -0.4 is 5.32 Å². The van der Waals surface area contributed by atoms with Gasteiger partial charge in [-0.1, -0.05) is 48.5 Å². The highest BCUT2D eigenvalue weighted by molar-refractivity contribution is 5.94. The van der Waals surface area contributed by atoms with Crippen molar-refractivity contribution < 1.29 is 9.59 Å². The van der Waals surface area contributed by atoms with Gasteiger partial charge in [0.05, 0.1) is 0 Å². The number of nitrogens with one attached hydrogen (secondary N) is 1. The fourth-order valence-electron chi connectivity index (χ4n) is 4.65. The monoisotopic (exact) mass is 405 g/mol. The van der Waals surface area contributed by atoms with Gasteiger partial charge >= 0.3 is 0 Å². The predicted octanol–water partition coefficient (Wildman–Crippen LogP) is 3.32. The summed E-state index contributed by atoms with van der Waals surface area (Å²) in [4.78, 5) is 29.7. The highest BCUT2D eigenvalue weighted by Crippen LogP contribution is 2.25. The number of carbonyl (C=O) groups is 2. The van der Waals surface area contributed by atoms with Gasteiger partial charge in [-0.25, -0.2) is 0 Å². The number of nitrogens with zero attached hydrogens (tertiary/aromatic N) is 2. The SMILES string of the molecule is O=C(NCc1ccccc1)C1CCN(C2CCN(C(=O)c3ccccc3)CC2)CC1. The maximum absolute atomic E-state index is 12.6. The largest absolute Gasteiger partial charge is 0.352 e. The fourth-order valence-corrected chi connectivity index (χ4v) is 4.65. The van der Waals surface area contributed by atoms with Gasteiger partial charge in [-0.15, -0.1) is 0 Å². The average Bonchev–Trinajstić information content (AvgIpc) is 2.83. The molecule has 0 bridgehead atoms. The number of carbonyl (C=O) groups excluding carboxylic acids is 2. The Hall–Kier alpha value is -2.66. The molecule has 2 amide bonds. The molecule has 0 aromatic heterocycles. The molecule has 2 aliphatic heterocycles. The van der Waals surface area contributed by atoms with E-state index in [9.17, 15) is 9.59 Å². The third kappa shape index (κ3) is 5.08. The molecule has 2 aromatic rings. The van der Waals surface area contributed by atoms with Crippen LogP contribution in [0.1, 0.15) is 41.6 Å². The second-order valence-electron chi connectivity index (χ2n) is 8.40. The molecule has 2 aliphatic rings. The highest BCUT2D eigenvalue weighted by atomic mass is 16.2. The third-order valence-electron chi connectivity index (χ3n) is 6.50. The van der Waals surface area contributed by atoms with E-state index in [1.54, 1.807) is 0 Å². The zero-order chi connectivity index (χ0) is 20.8. The minimum absolute atomic E-state index is 0.115. The Balaban J connectivity index is 1.19.